The average molecular weight is 178 g/mol. The third-order valence-corrected chi connectivity index (χ3v) is 1.17. The summed E-state index contributed by atoms with van der Waals surface area (Å²) < 4.78 is 13.9. The summed E-state index contributed by atoms with van der Waals surface area (Å²) in [6.07, 6.45) is -0.546. The second-order valence-corrected chi connectivity index (χ2v) is 2.05. The van der Waals surface area contributed by atoms with Gasteiger partial charge >= 0.3 is 5.97 Å². The predicted octanol–water partition coefficient (Wildman–Crippen LogP) is -0.469. The van der Waals surface area contributed by atoms with Crippen LogP contribution < -0.4 is 0 Å². The molecule has 5 heteroatoms. The molecule has 0 amide bonds. The largest absolute Gasteiger partial charge is 0.462 e. The lowest BCUT2D eigenvalue weighted by Gasteiger charge is -2.11. The standard InChI is InChI=1S/C7H14O5/c1-10-7(11-2)6(9)12-5-3-4-8/h7-8H,3-5H2,1-2H3. The second-order valence-electron chi connectivity index (χ2n) is 2.05. The Labute approximate surface area is 71.2 Å². The fourth-order valence-corrected chi connectivity index (χ4v) is 0.594. The van der Waals surface area contributed by atoms with Gasteiger partial charge in [-0.25, -0.2) is 4.79 Å². The molecule has 0 fully saturated rings. The van der Waals surface area contributed by atoms with Crippen LogP contribution in [0.1, 0.15) is 6.42 Å². The van der Waals surface area contributed by atoms with Gasteiger partial charge in [-0.1, -0.05) is 0 Å². The zero-order chi connectivity index (χ0) is 9.40. The summed E-state index contributed by atoms with van der Waals surface area (Å²) in [4.78, 5) is 10.9. The number of ether oxygens (including phenoxy) is 3. The number of carbonyl (C=O) groups is 1. The van der Waals surface area contributed by atoms with E-state index in [1.54, 1.807) is 0 Å². The molecule has 0 spiro atoms. The number of aliphatic hydroxyl groups excluding tert-OH is 1. The summed E-state index contributed by atoms with van der Waals surface area (Å²) in [5.41, 5.74) is 0. The second kappa shape index (κ2) is 7.02. The van der Waals surface area contributed by atoms with Crippen molar-refractivity contribution in [3.05, 3.63) is 0 Å². The highest BCUT2D eigenvalue weighted by atomic mass is 16.7. The van der Waals surface area contributed by atoms with Crippen LogP contribution in [0.2, 0.25) is 0 Å². The van der Waals surface area contributed by atoms with Crippen molar-refractivity contribution in [1.82, 2.24) is 0 Å². The fraction of sp³-hybridized carbons (Fsp3) is 0.857. The molecule has 1 N–H and O–H groups in total. The summed E-state index contributed by atoms with van der Waals surface area (Å²) in [7, 11) is 2.70. The Balaban J connectivity index is 3.54. The van der Waals surface area contributed by atoms with Crippen molar-refractivity contribution in [2.24, 2.45) is 0 Å². The molecule has 0 unspecified atom stereocenters. The maximum absolute atomic E-state index is 10.9. The first-order valence-corrected chi connectivity index (χ1v) is 3.59. The van der Waals surface area contributed by atoms with Crippen LogP contribution in [0.4, 0.5) is 0 Å². The zero-order valence-electron chi connectivity index (χ0n) is 7.28. The lowest BCUT2D eigenvalue weighted by atomic mass is 10.5. The van der Waals surface area contributed by atoms with Crippen LogP contribution in [-0.2, 0) is 19.0 Å². The van der Waals surface area contributed by atoms with E-state index in [4.69, 9.17) is 5.11 Å². The summed E-state index contributed by atoms with van der Waals surface area (Å²) in [6.45, 7) is 0.177. The predicted molar refractivity (Wildman–Crippen MR) is 40.5 cm³/mol. The normalized spacial score (nSPS) is 10.3. The van der Waals surface area contributed by atoms with Gasteiger partial charge in [0.1, 0.15) is 0 Å². The molecule has 0 saturated heterocycles. The van der Waals surface area contributed by atoms with Crippen LogP contribution in [0.5, 0.6) is 0 Å². The van der Waals surface area contributed by atoms with Gasteiger partial charge in [-0.15, -0.1) is 0 Å². The first kappa shape index (κ1) is 11.4. The van der Waals surface area contributed by atoms with Crippen LogP contribution in [0.25, 0.3) is 0 Å². The van der Waals surface area contributed by atoms with Crippen LogP contribution in [0, 0.1) is 0 Å². The van der Waals surface area contributed by atoms with E-state index in [1.165, 1.54) is 14.2 Å². The molecule has 0 aliphatic heterocycles. The molecule has 12 heavy (non-hydrogen) atoms. The van der Waals surface area contributed by atoms with Crippen molar-refractivity contribution in [2.75, 3.05) is 27.4 Å². The molecule has 0 atom stereocenters. The summed E-state index contributed by atoms with van der Waals surface area (Å²) in [6, 6.07) is 0. The van der Waals surface area contributed by atoms with Crippen molar-refractivity contribution < 1.29 is 24.1 Å². The van der Waals surface area contributed by atoms with Gasteiger partial charge in [0.2, 0.25) is 0 Å². The van der Waals surface area contributed by atoms with E-state index in [1.807, 2.05) is 0 Å². The number of carbonyl (C=O) groups excluding carboxylic acids is 1. The molecule has 0 bridgehead atoms. The molecule has 72 valence electrons. The topological polar surface area (TPSA) is 65.0 Å². The maximum Gasteiger partial charge on any atom is 0.363 e. The van der Waals surface area contributed by atoms with Crippen LogP contribution in [0.15, 0.2) is 0 Å². The van der Waals surface area contributed by atoms with Crippen LogP contribution in [0.3, 0.4) is 0 Å². The van der Waals surface area contributed by atoms with Crippen molar-refractivity contribution in [2.45, 2.75) is 12.7 Å². The van der Waals surface area contributed by atoms with E-state index in [0.717, 1.165) is 0 Å². The van der Waals surface area contributed by atoms with Crippen molar-refractivity contribution >= 4 is 5.97 Å². The van der Waals surface area contributed by atoms with Gasteiger partial charge in [0.05, 0.1) is 6.61 Å². The zero-order valence-corrected chi connectivity index (χ0v) is 7.28. The molecule has 0 aromatic carbocycles. The highest BCUT2D eigenvalue weighted by molar-refractivity contribution is 5.73. The third-order valence-electron chi connectivity index (χ3n) is 1.17. The van der Waals surface area contributed by atoms with Crippen LogP contribution in [-0.4, -0.2) is 44.8 Å². The number of aliphatic hydroxyl groups is 1. The van der Waals surface area contributed by atoms with Gasteiger partial charge in [-0.3, -0.25) is 0 Å². The van der Waals surface area contributed by atoms with Gasteiger partial charge in [0, 0.05) is 27.2 Å². The lowest BCUT2D eigenvalue weighted by Crippen LogP contribution is -2.27. The Hall–Kier alpha value is -0.650. The highest BCUT2D eigenvalue weighted by Crippen LogP contribution is 1.95. The fourth-order valence-electron chi connectivity index (χ4n) is 0.594. The average Bonchev–Trinajstić information content (AvgIpc) is 2.07. The first-order chi connectivity index (χ1) is 5.76. The van der Waals surface area contributed by atoms with E-state index >= 15 is 0 Å². The smallest absolute Gasteiger partial charge is 0.363 e. The number of rotatable bonds is 6. The van der Waals surface area contributed by atoms with E-state index in [-0.39, 0.29) is 13.2 Å². The number of hydrogen-bond donors (Lipinski definition) is 1. The molecular weight excluding hydrogens is 164 g/mol. The van der Waals surface area contributed by atoms with Gasteiger partial charge in [-0.05, 0) is 0 Å². The molecule has 0 aliphatic carbocycles. The Morgan fingerprint density at radius 1 is 1.42 bits per heavy atom. The molecular formula is C7H14O5. The van der Waals surface area contributed by atoms with Gasteiger partial charge in [-0.2, -0.15) is 0 Å². The molecule has 0 aromatic rings. The number of hydrogen-bond acceptors (Lipinski definition) is 5. The Morgan fingerprint density at radius 2 is 2.00 bits per heavy atom. The molecule has 0 heterocycles. The molecule has 0 aromatic heterocycles. The molecule has 0 saturated carbocycles. The first-order valence-electron chi connectivity index (χ1n) is 3.59. The van der Waals surface area contributed by atoms with Crippen LogP contribution >= 0.6 is 0 Å². The quantitative estimate of drug-likeness (QED) is 0.338. The van der Waals surface area contributed by atoms with E-state index < -0.39 is 12.3 Å². The lowest BCUT2D eigenvalue weighted by molar-refractivity contribution is -0.183. The van der Waals surface area contributed by atoms with Gasteiger partial charge < -0.3 is 19.3 Å². The summed E-state index contributed by atoms with van der Waals surface area (Å²) in [5.74, 6) is -0.576. The molecule has 0 rings (SSSR count). The van der Waals surface area contributed by atoms with Crippen molar-refractivity contribution in [1.29, 1.82) is 0 Å². The monoisotopic (exact) mass is 178 g/mol. The maximum atomic E-state index is 10.9. The minimum atomic E-state index is -0.969. The Kier molecular flexibility index (Phi) is 6.64. The Morgan fingerprint density at radius 3 is 2.42 bits per heavy atom. The van der Waals surface area contributed by atoms with E-state index in [0.29, 0.717) is 6.42 Å². The Bertz CT molecular complexity index is 121. The third kappa shape index (κ3) is 4.27. The number of esters is 1. The van der Waals surface area contributed by atoms with Crippen molar-refractivity contribution in [3.8, 4) is 0 Å². The van der Waals surface area contributed by atoms with E-state index in [9.17, 15) is 4.79 Å². The highest BCUT2D eigenvalue weighted by Gasteiger charge is 2.17. The molecule has 5 nitrogen and oxygen atoms in total. The molecule has 0 aliphatic rings. The van der Waals surface area contributed by atoms with Gasteiger partial charge in [0.15, 0.2) is 0 Å². The summed E-state index contributed by atoms with van der Waals surface area (Å²) in [5, 5.41) is 8.38. The van der Waals surface area contributed by atoms with Crippen molar-refractivity contribution in [3.63, 3.8) is 0 Å². The minimum Gasteiger partial charge on any atom is -0.462 e. The SMILES string of the molecule is COC(OC)C(=O)OCCCO. The summed E-state index contributed by atoms with van der Waals surface area (Å²) >= 11 is 0. The van der Waals surface area contributed by atoms with E-state index in [2.05, 4.69) is 14.2 Å². The minimum absolute atomic E-state index is 0.00207. The number of methoxy groups -OCH3 is 2. The van der Waals surface area contributed by atoms with Gasteiger partial charge in [0.25, 0.3) is 6.29 Å². The molecule has 0 radical (unpaired) electrons.